The van der Waals surface area contributed by atoms with Crippen LogP contribution in [0.4, 0.5) is 10.1 Å². The van der Waals surface area contributed by atoms with Crippen LogP contribution in [0.15, 0.2) is 52.4 Å². The average molecular weight is 454 g/mol. The average Bonchev–Trinajstić information content (AvgIpc) is 3.19. The standard InChI is InChI=1S/C24H21ClFN3OS/c1-13-5-6-18(9-14(13)2)27-24-28-23(30)22(31-24)11-17-10-15(3)29(16(17)4)19-7-8-21(26)20(25)12-19/h5-12H,1-4H3,(H,27,28,30)/b22-11-. The molecule has 0 bridgehead atoms. The number of benzene rings is 2. The number of amidine groups is 1. The molecular weight excluding hydrogens is 433 g/mol. The van der Waals surface area contributed by atoms with Crippen molar-refractivity contribution in [3.63, 3.8) is 0 Å². The molecular formula is C24H21ClFN3OS. The molecule has 1 saturated heterocycles. The summed E-state index contributed by atoms with van der Waals surface area (Å²) < 4.78 is 15.5. The monoisotopic (exact) mass is 453 g/mol. The number of hydrogen-bond donors (Lipinski definition) is 1. The van der Waals surface area contributed by atoms with E-state index in [1.165, 1.54) is 23.4 Å². The summed E-state index contributed by atoms with van der Waals surface area (Å²) in [6.45, 7) is 8.00. The molecule has 1 aromatic heterocycles. The first-order valence-electron chi connectivity index (χ1n) is 9.74. The summed E-state index contributed by atoms with van der Waals surface area (Å²) >= 11 is 7.28. The Bertz CT molecular complexity index is 1280. The van der Waals surface area contributed by atoms with Crippen LogP contribution in [0, 0.1) is 33.5 Å². The van der Waals surface area contributed by atoms with Gasteiger partial charge in [-0.2, -0.15) is 0 Å². The molecule has 2 heterocycles. The minimum atomic E-state index is -0.454. The normalized spacial score (nSPS) is 16.4. The van der Waals surface area contributed by atoms with Crippen LogP contribution in [-0.4, -0.2) is 15.6 Å². The topological polar surface area (TPSA) is 46.4 Å². The second-order valence-corrected chi connectivity index (χ2v) is 8.95. The molecule has 0 unspecified atom stereocenters. The van der Waals surface area contributed by atoms with Crippen LogP contribution in [0.5, 0.6) is 0 Å². The van der Waals surface area contributed by atoms with E-state index < -0.39 is 5.82 Å². The number of hydrogen-bond acceptors (Lipinski definition) is 3. The van der Waals surface area contributed by atoms with Gasteiger partial charge in [0.1, 0.15) is 5.82 Å². The molecule has 2 aromatic carbocycles. The first-order valence-corrected chi connectivity index (χ1v) is 10.9. The van der Waals surface area contributed by atoms with Gasteiger partial charge in [-0.1, -0.05) is 17.7 Å². The number of aryl methyl sites for hydroxylation is 3. The highest BCUT2D eigenvalue weighted by molar-refractivity contribution is 8.18. The number of nitrogens with one attached hydrogen (secondary N) is 1. The minimum Gasteiger partial charge on any atom is -0.318 e. The van der Waals surface area contributed by atoms with Crippen LogP contribution in [0.25, 0.3) is 11.8 Å². The van der Waals surface area contributed by atoms with E-state index in [4.69, 9.17) is 11.6 Å². The highest BCUT2D eigenvalue weighted by atomic mass is 35.5. The smallest absolute Gasteiger partial charge is 0.264 e. The van der Waals surface area contributed by atoms with Crippen LogP contribution in [-0.2, 0) is 4.79 Å². The molecule has 1 amide bonds. The van der Waals surface area contributed by atoms with Gasteiger partial charge in [-0.25, -0.2) is 9.38 Å². The Hall–Kier alpha value is -2.83. The second kappa shape index (κ2) is 8.36. The Morgan fingerprint density at radius 3 is 2.55 bits per heavy atom. The second-order valence-electron chi connectivity index (χ2n) is 7.51. The molecule has 7 heteroatoms. The number of amides is 1. The third-order valence-corrected chi connectivity index (χ3v) is 6.49. The zero-order valence-corrected chi connectivity index (χ0v) is 19.2. The van der Waals surface area contributed by atoms with Crippen molar-refractivity contribution in [2.75, 3.05) is 0 Å². The fourth-order valence-corrected chi connectivity index (χ4v) is 4.50. The maximum absolute atomic E-state index is 13.6. The van der Waals surface area contributed by atoms with Gasteiger partial charge in [0.2, 0.25) is 0 Å². The van der Waals surface area contributed by atoms with Crippen LogP contribution in [0.1, 0.15) is 28.1 Å². The molecule has 1 fully saturated rings. The van der Waals surface area contributed by atoms with Crippen molar-refractivity contribution in [3.05, 3.63) is 86.3 Å². The van der Waals surface area contributed by atoms with Crippen LogP contribution >= 0.6 is 23.4 Å². The molecule has 1 aliphatic rings. The Kier molecular flexibility index (Phi) is 5.77. The van der Waals surface area contributed by atoms with Crippen molar-refractivity contribution >= 4 is 46.2 Å². The molecule has 31 heavy (non-hydrogen) atoms. The van der Waals surface area contributed by atoms with Crippen LogP contribution in [0.2, 0.25) is 5.02 Å². The van der Waals surface area contributed by atoms with E-state index in [9.17, 15) is 9.18 Å². The lowest BCUT2D eigenvalue weighted by atomic mass is 10.1. The summed E-state index contributed by atoms with van der Waals surface area (Å²) in [5, 5.41) is 3.46. The van der Waals surface area contributed by atoms with E-state index in [0.717, 1.165) is 33.9 Å². The van der Waals surface area contributed by atoms with Gasteiger partial charge in [-0.05, 0) is 98.6 Å². The number of halogens is 2. The Labute approximate surface area is 189 Å². The third-order valence-electron chi connectivity index (χ3n) is 5.29. The lowest BCUT2D eigenvalue weighted by Crippen LogP contribution is -2.19. The van der Waals surface area contributed by atoms with Gasteiger partial charge in [-0.3, -0.25) is 4.79 Å². The van der Waals surface area contributed by atoms with Crippen molar-refractivity contribution in [2.24, 2.45) is 4.99 Å². The lowest BCUT2D eigenvalue weighted by Gasteiger charge is -2.10. The van der Waals surface area contributed by atoms with E-state index >= 15 is 0 Å². The fraction of sp³-hybridized carbons (Fsp3) is 0.167. The molecule has 0 radical (unpaired) electrons. The van der Waals surface area contributed by atoms with Gasteiger partial charge < -0.3 is 9.88 Å². The van der Waals surface area contributed by atoms with E-state index in [2.05, 4.69) is 17.2 Å². The van der Waals surface area contributed by atoms with Gasteiger partial charge in [0.15, 0.2) is 5.17 Å². The Morgan fingerprint density at radius 2 is 1.84 bits per heavy atom. The maximum atomic E-state index is 13.6. The summed E-state index contributed by atoms with van der Waals surface area (Å²) in [5.41, 5.74) is 6.72. The highest BCUT2D eigenvalue weighted by Crippen LogP contribution is 2.31. The maximum Gasteiger partial charge on any atom is 0.264 e. The summed E-state index contributed by atoms with van der Waals surface area (Å²) in [6.07, 6.45) is 1.85. The fourth-order valence-electron chi connectivity index (χ4n) is 3.49. The molecule has 0 saturated carbocycles. The van der Waals surface area contributed by atoms with Crippen molar-refractivity contribution in [2.45, 2.75) is 27.7 Å². The molecule has 4 rings (SSSR count). The first kappa shape index (κ1) is 21.4. The summed E-state index contributed by atoms with van der Waals surface area (Å²) in [4.78, 5) is 17.6. The number of carbonyl (C=O) groups excluding carboxylic acids is 1. The summed E-state index contributed by atoms with van der Waals surface area (Å²) in [7, 11) is 0. The molecule has 0 spiro atoms. The SMILES string of the molecule is Cc1ccc(N=C2NC(=O)/C(=C/c3cc(C)n(-c4ccc(F)c(Cl)c4)c3C)S2)cc1C. The first-order chi connectivity index (χ1) is 14.7. The zero-order chi connectivity index (χ0) is 22.3. The Balaban J connectivity index is 1.64. The molecule has 4 nitrogen and oxygen atoms in total. The summed E-state index contributed by atoms with van der Waals surface area (Å²) in [6, 6.07) is 12.6. The van der Waals surface area contributed by atoms with Crippen molar-refractivity contribution in [1.29, 1.82) is 0 Å². The highest BCUT2D eigenvalue weighted by Gasteiger charge is 2.24. The lowest BCUT2D eigenvalue weighted by molar-refractivity contribution is -0.115. The van der Waals surface area contributed by atoms with Crippen LogP contribution < -0.4 is 5.32 Å². The van der Waals surface area contributed by atoms with E-state index in [1.54, 1.807) is 12.1 Å². The van der Waals surface area contributed by atoms with Crippen molar-refractivity contribution in [1.82, 2.24) is 9.88 Å². The van der Waals surface area contributed by atoms with E-state index in [0.29, 0.717) is 10.1 Å². The van der Waals surface area contributed by atoms with Gasteiger partial charge in [0, 0.05) is 17.1 Å². The van der Waals surface area contributed by atoms with Gasteiger partial charge in [0.25, 0.3) is 5.91 Å². The minimum absolute atomic E-state index is 0.0721. The van der Waals surface area contributed by atoms with Gasteiger partial charge in [0.05, 0.1) is 15.6 Å². The summed E-state index contributed by atoms with van der Waals surface area (Å²) in [5.74, 6) is -0.632. The number of thioether (sulfide) groups is 1. The number of carbonyl (C=O) groups is 1. The van der Waals surface area contributed by atoms with Gasteiger partial charge in [-0.15, -0.1) is 0 Å². The number of aliphatic imine (C=N–C) groups is 1. The van der Waals surface area contributed by atoms with E-state index in [1.807, 2.05) is 55.7 Å². The molecule has 3 aromatic rings. The van der Waals surface area contributed by atoms with Crippen LogP contribution in [0.3, 0.4) is 0 Å². The molecule has 1 N–H and O–H groups in total. The zero-order valence-electron chi connectivity index (χ0n) is 17.6. The number of aromatic nitrogens is 1. The number of nitrogens with zero attached hydrogens (tertiary/aromatic N) is 2. The Morgan fingerprint density at radius 1 is 1.06 bits per heavy atom. The van der Waals surface area contributed by atoms with E-state index in [-0.39, 0.29) is 10.9 Å². The molecule has 158 valence electrons. The third kappa shape index (κ3) is 4.31. The molecule has 1 aliphatic heterocycles. The van der Waals surface area contributed by atoms with Crippen molar-refractivity contribution in [3.8, 4) is 5.69 Å². The quantitative estimate of drug-likeness (QED) is 0.466. The number of rotatable bonds is 3. The molecule has 0 aliphatic carbocycles. The predicted molar refractivity (Wildman–Crippen MR) is 127 cm³/mol. The van der Waals surface area contributed by atoms with Crippen molar-refractivity contribution < 1.29 is 9.18 Å². The van der Waals surface area contributed by atoms with Gasteiger partial charge >= 0.3 is 0 Å². The predicted octanol–water partition coefficient (Wildman–Crippen LogP) is 6.40. The molecule has 0 atom stereocenters. The largest absolute Gasteiger partial charge is 0.318 e.